The molecule has 188 valence electrons. The topological polar surface area (TPSA) is 85.4 Å². The van der Waals surface area contributed by atoms with Crippen molar-refractivity contribution in [2.45, 2.75) is 90.7 Å². The number of ether oxygens (including phenoxy) is 1. The summed E-state index contributed by atoms with van der Waals surface area (Å²) in [6.45, 7) is 5.17. The van der Waals surface area contributed by atoms with Crippen molar-refractivity contribution in [3.63, 3.8) is 0 Å². The summed E-state index contributed by atoms with van der Waals surface area (Å²) in [7, 11) is 0. The third kappa shape index (κ3) is 4.56. The van der Waals surface area contributed by atoms with E-state index in [1.54, 1.807) is 12.4 Å². The van der Waals surface area contributed by atoms with Crippen molar-refractivity contribution in [1.82, 2.24) is 10.3 Å². The summed E-state index contributed by atoms with van der Waals surface area (Å²) < 4.78 is 6.04. The Kier molecular flexibility index (Phi) is 6.58. The number of carbonyl (C=O) groups is 3. The molecule has 1 heterocycles. The average molecular weight is 479 g/mol. The van der Waals surface area contributed by atoms with Crippen LogP contribution < -0.4 is 5.32 Å². The van der Waals surface area contributed by atoms with Gasteiger partial charge in [-0.25, -0.2) is 0 Å². The van der Waals surface area contributed by atoms with E-state index in [1.807, 2.05) is 18.2 Å². The predicted molar refractivity (Wildman–Crippen MR) is 132 cm³/mol. The maximum absolute atomic E-state index is 12.7. The minimum absolute atomic E-state index is 0.0164. The number of allylic oxidation sites excluding steroid dienone is 1. The number of pyridine rings is 1. The van der Waals surface area contributed by atoms with Crippen molar-refractivity contribution in [3.05, 3.63) is 41.7 Å². The Hall–Kier alpha value is -2.50. The number of nitrogens with one attached hydrogen (secondary N) is 1. The molecular weight excluding hydrogens is 440 g/mol. The van der Waals surface area contributed by atoms with Gasteiger partial charge >= 0.3 is 5.97 Å². The summed E-state index contributed by atoms with van der Waals surface area (Å²) in [6, 6.07) is 3.72. The first-order valence-electron chi connectivity index (χ1n) is 13.4. The van der Waals surface area contributed by atoms with Crippen molar-refractivity contribution in [1.29, 1.82) is 0 Å². The molecule has 0 aliphatic heterocycles. The molecule has 1 amide bonds. The van der Waals surface area contributed by atoms with Crippen molar-refractivity contribution in [2.24, 2.45) is 28.6 Å². The number of rotatable bonds is 6. The van der Waals surface area contributed by atoms with Crippen LogP contribution in [0, 0.1) is 28.6 Å². The molecule has 0 unspecified atom stereocenters. The lowest BCUT2D eigenvalue weighted by Gasteiger charge is -2.57. The van der Waals surface area contributed by atoms with Crippen LogP contribution in [0.2, 0.25) is 0 Å². The predicted octanol–water partition coefficient (Wildman–Crippen LogP) is 4.92. The van der Waals surface area contributed by atoms with Crippen molar-refractivity contribution >= 4 is 17.7 Å². The van der Waals surface area contributed by atoms with E-state index in [0.29, 0.717) is 36.5 Å². The number of hydrogen-bond donors (Lipinski definition) is 1. The Bertz CT molecular complexity index is 1020. The molecule has 0 spiro atoms. The third-order valence-electron chi connectivity index (χ3n) is 9.94. The summed E-state index contributed by atoms with van der Waals surface area (Å²) in [4.78, 5) is 40.9. The van der Waals surface area contributed by atoms with Gasteiger partial charge in [-0.3, -0.25) is 19.4 Å². The minimum Gasteiger partial charge on any atom is -0.462 e. The first kappa shape index (κ1) is 24.2. The van der Waals surface area contributed by atoms with Gasteiger partial charge in [-0.05, 0) is 91.9 Å². The molecule has 0 radical (unpaired) electrons. The molecule has 0 saturated heterocycles. The van der Waals surface area contributed by atoms with Crippen LogP contribution in [0.1, 0.15) is 83.6 Å². The van der Waals surface area contributed by atoms with E-state index in [4.69, 9.17) is 4.74 Å². The second kappa shape index (κ2) is 9.51. The summed E-state index contributed by atoms with van der Waals surface area (Å²) in [6.07, 6.45) is 13.7. The van der Waals surface area contributed by atoms with Gasteiger partial charge in [-0.15, -0.1) is 0 Å². The van der Waals surface area contributed by atoms with Gasteiger partial charge in [0.05, 0.1) is 6.42 Å². The van der Waals surface area contributed by atoms with Gasteiger partial charge in [0.1, 0.15) is 6.10 Å². The average Bonchev–Trinajstić information content (AvgIpc) is 3.18. The van der Waals surface area contributed by atoms with Crippen molar-refractivity contribution in [2.75, 3.05) is 0 Å². The second-order valence-electron chi connectivity index (χ2n) is 11.7. The largest absolute Gasteiger partial charge is 0.462 e. The smallest absolute Gasteiger partial charge is 0.306 e. The zero-order valence-electron chi connectivity index (χ0n) is 21.1. The summed E-state index contributed by atoms with van der Waals surface area (Å²) >= 11 is 0. The number of ketones is 1. The molecule has 35 heavy (non-hydrogen) atoms. The van der Waals surface area contributed by atoms with E-state index in [-0.39, 0.29) is 41.7 Å². The molecule has 1 aromatic rings. The number of fused-ring (bicyclic) bond motifs is 5. The van der Waals surface area contributed by atoms with Gasteiger partial charge in [-0.1, -0.05) is 19.4 Å². The Balaban J connectivity index is 1.16. The van der Waals surface area contributed by atoms with Gasteiger partial charge in [0.25, 0.3) is 0 Å². The highest BCUT2D eigenvalue weighted by atomic mass is 16.5. The van der Waals surface area contributed by atoms with Crippen LogP contribution in [0.25, 0.3) is 0 Å². The van der Waals surface area contributed by atoms with E-state index in [2.05, 4.69) is 24.1 Å². The lowest BCUT2D eigenvalue weighted by molar-refractivity contribution is -0.160. The molecule has 5 rings (SSSR count). The lowest BCUT2D eigenvalue weighted by atomic mass is 9.47. The van der Waals surface area contributed by atoms with Crippen LogP contribution in [-0.2, 0) is 25.7 Å². The maximum Gasteiger partial charge on any atom is 0.306 e. The SMILES string of the molecule is C[C@]12CC[C@@H]3[C@H](CCC4=CC(=O)CC[C@@]43C)[C@@H]1CC[C@H]2OC(=O)CCC(=O)NCc1ccncc1. The Labute approximate surface area is 208 Å². The van der Waals surface area contributed by atoms with Gasteiger partial charge in [0.15, 0.2) is 5.78 Å². The third-order valence-corrected chi connectivity index (χ3v) is 9.94. The number of carbonyl (C=O) groups excluding carboxylic acids is 3. The highest BCUT2D eigenvalue weighted by molar-refractivity contribution is 5.91. The van der Waals surface area contributed by atoms with Gasteiger partial charge < -0.3 is 10.1 Å². The van der Waals surface area contributed by atoms with E-state index < -0.39 is 0 Å². The van der Waals surface area contributed by atoms with Crippen molar-refractivity contribution in [3.8, 4) is 0 Å². The molecule has 3 saturated carbocycles. The molecule has 3 fully saturated rings. The van der Waals surface area contributed by atoms with Crippen LogP contribution in [0.3, 0.4) is 0 Å². The molecule has 0 bridgehead atoms. The van der Waals surface area contributed by atoms with E-state index in [1.165, 1.54) is 5.57 Å². The van der Waals surface area contributed by atoms with Gasteiger partial charge in [0.2, 0.25) is 5.91 Å². The fraction of sp³-hybridized carbons (Fsp3) is 0.655. The standard InChI is InChI=1S/C29H38N2O4/c1-28-13-9-21(32)17-20(28)3-4-22-23-5-6-25(29(23,2)14-10-24(22)28)35-27(34)8-7-26(33)31-18-19-11-15-30-16-12-19/h11-12,15-17,22-25H,3-10,13-14,18H2,1-2H3,(H,31,33)/t22-,23+,24-,25-,28+,29+/m1/s1. The van der Waals surface area contributed by atoms with Crippen molar-refractivity contribution < 1.29 is 19.1 Å². The van der Waals surface area contributed by atoms with Crippen LogP contribution in [-0.4, -0.2) is 28.7 Å². The number of nitrogens with zero attached hydrogens (tertiary/aromatic N) is 1. The quantitative estimate of drug-likeness (QED) is 0.587. The zero-order valence-corrected chi connectivity index (χ0v) is 21.1. The fourth-order valence-electron chi connectivity index (χ4n) is 7.93. The van der Waals surface area contributed by atoms with E-state index in [0.717, 1.165) is 50.5 Å². The molecule has 6 atom stereocenters. The van der Waals surface area contributed by atoms with Gasteiger partial charge in [0, 0.05) is 37.2 Å². The molecule has 6 heteroatoms. The monoisotopic (exact) mass is 478 g/mol. The lowest BCUT2D eigenvalue weighted by Crippen LogP contribution is -2.51. The molecule has 6 nitrogen and oxygen atoms in total. The molecule has 4 aliphatic carbocycles. The minimum atomic E-state index is -0.260. The molecular formula is C29H38N2O4. The first-order chi connectivity index (χ1) is 16.8. The fourth-order valence-corrected chi connectivity index (χ4v) is 7.93. The maximum atomic E-state index is 12.7. The second-order valence-corrected chi connectivity index (χ2v) is 11.7. The zero-order chi connectivity index (χ0) is 24.6. The Morgan fingerprint density at radius 2 is 1.83 bits per heavy atom. The summed E-state index contributed by atoms with van der Waals surface area (Å²) in [5.41, 5.74) is 2.55. The normalized spacial score (nSPS) is 35.8. The number of aromatic nitrogens is 1. The van der Waals surface area contributed by atoms with Gasteiger partial charge in [-0.2, -0.15) is 0 Å². The van der Waals surface area contributed by atoms with E-state index >= 15 is 0 Å². The molecule has 4 aliphatic rings. The summed E-state index contributed by atoms with van der Waals surface area (Å²) in [5, 5.41) is 2.86. The Morgan fingerprint density at radius 1 is 1.03 bits per heavy atom. The summed E-state index contributed by atoms with van der Waals surface area (Å²) in [5.74, 6) is 1.75. The highest BCUT2D eigenvalue weighted by Crippen LogP contribution is 2.65. The first-order valence-corrected chi connectivity index (χ1v) is 13.4. The van der Waals surface area contributed by atoms with Crippen LogP contribution in [0.4, 0.5) is 0 Å². The molecule has 1 N–H and O–H groups in total. The van der Waals surface area contributed by atoms with E-state index in [9.17, 15) is 14.4 Å². The van der Waals surface area contributed by atoms with Crippen LogP contribution in [0.15, 0.2) is 36.2 Å². The molecule has 1 aromatic heterocycles. The number of amides is 1. The molecule has 0 aromatic carbocycles. The number of hydrogen-bond acceptors (Lipinski definition) is 5. The van der Waals surface area contributed by atoms with Crippen LogP contribution >= 0.6 is 0 Å². The Morgan fingerprint density at radius 3 is 2.63 bits per heavy atom. The highest BCUT2D eigenvalue weighted by Gasteiger charge is 2.59. The van der Waals surface area contributed by atoms with Crippen LogP contribution in [0.5, 0.6) is 0 Å². The number of esters is 1.